The van der Waals surface area contributed by atoms with E-state index >= 15 is 0 Å². The molecule has 4 aromatic carbocycles. The van der Waals surface area contributed by atoms with Gasteiger partial charge in [-0.25, -0.2) is 4.79 Å². The average Bonchev–Trinajstić information content (AvgIpc) is 3.42. The lowest BCUT2D eigenvalue weighted by molar-refractivity contribution is -0.130. The van der Waals surface area contributed by atoms with Gasteiger partial charge in [-0.1, -0.05) is 78.4 Å². The SMILES string of the molecule is Cc1ccc2cc(C3=C/C(=C/c4cc(C)n(-c5ccc(-c6ccccc6)cc5)c4C)C(=O)O3)ccc2c1. The molecule has 37 heavy (non-hydrogen) atoms. The van der Waals surface area contributed by atoms with Crippen LogP contribution in [0.1, 0.15) is 28.1 Å². The molecule has 2 heterocycles. The number of carbonyl (C=O) groups excluding carboxylic acids is 1. The highest BCUT2D eigenvalue weighted by molar-refractivity contribution is 6.05. The van der Waals surface area contributed by atoms with E-state index in [0.717, 1.165) is 33.6 Å². The van der Waals surface area contributed by atoms with Gasteiger partial charge in [0.2, 0.25) is 0 Å². The summed E-state index contributed by atoms with van der Waals surface area (Å²) in [6.07, 6.45) is 3.77. The van der Waals surface area contributed by atoms with Gasteiger partial charge in [-0.3, -0.25) is 0 Å². The van der Waals surface area contributed by atoms with Crippen LogP contribution >= 0.6 is 0 Å². The molecule has 0 spiro atoms. The number of hydrogen-bond acceptors (Lipinski definition) is 2. The van der Waals surface area contributed by atoms with Crippen LogP contribution in [0.5, 0.6) is 0 Å². The molecule has 0 unspecified atom stereocenters. The Morgan fingerprint density at radius 2 is 1.38 bits per heavy atom. The van der Waals surface area contributed by atoms with Crippen LogP contribution in [0.2, 0.25) is 0 Å². The van der Waals surface area contributed by atoms with Crippen molar-refractivity contribution in [2.45, 2.75) is 20.8 Å². The summed E-state index contributed by atoms with van der Waals surface area (Å²) in [5.41, 5.74) is 9.34. The Balaban J connectivity index is 1.31. The molecule has 0 amide bonds. The number of hydrogen-bond donors (Lipinski definition) is 0. The minimum atomic E-state index is -0.323. The predicted octanol–water partition coefficient (Wildman–Crippen LogP) is 8.20. The Bertz CT molecular complexity index is 1720. The molecule has 3 heteroatoms. The second-order valence-corrected chi connectivity index (χ2v) is 9.64. The Hall–Kier alpha value is -4.63. The summed E-state index contributed by atoms with van der Waals surface area (Å²) in [6, 6.07) is 33.6. The minimum absolute atomic E-state index is 0.323. The van der Waals surface area contributed by atoms with E-state index in [1.807, 2.05) is 24.3 Å². The van der Waals surface area contributed by atoms with Crippen molar-refractivity contribution in [3.63, 3.8) is 0 Å². The van der Waals surface area contributed by atoms with Crippen LogP contribution in [0.15, 0.2) is 109 Å². The zero-order valence-electron chi connectivity index (χ0n) is 21.2. The molecule has 180 valence electrons. The number of ether oxygens (including phenoxy) is 1. The van der Waals surface area contributed by atoms with Crippen LogP contribution in [0.3, 0.4) is 0 Å². The Morgan fingerprint density at radius 3 is 2.16 bits per heavy atom. The molecule has 1 aliphatic heterocycles. The number of rotatable bonds is 4. The fraction of sp³-hybridized carbons (Fsp3) is 0.0882. The largest absolute Gasteiger partial charge is 0.422 e. The first-order chi connectivity index (χ1) is 18.0. The van der Waals surface area contributed by atoms with Crippen molar-refractivity contribution in [1.82, 2.24) is 4.57 Å². The van der Waals surface area contributed by atoms with Crippen LogP contribution in [0.4, 0.5) is 0 Å². The number of cyclic esters (lactones) is 1. The van der Waals surface area contributed by atoms with Crippen molar-refractivity contribution in [1.29, 1.82) is 0 Å². The summed E-state index contributed by atoms with van der Waals surface area (Å²) >= 11 is 0. The summed E-state index contributed by atoms with van der Waals surface area (Å²) in [4.78, 5) is 12.8. The zero-order chi connectivity index (χ0) is 25.5. The highest BCUT2D eigenvalue weighted by atomic mass is 16.5. The number of benzene rings is 4. The molecule has 0 saturated heterocycles. The van der Waals surface area contributed by atoms with Crippen LogP contribution in [-0.4, -0.2) is 10.5 Å². The molecule has 1 aliphatic rings. The van der Waals surface area contributed by atoms with Crippen LogP contribution < -0.4 is 0 Å². The van der Waals surface area contributed by atoms with E-state index in [-0.39, 0.29) is 5.97 Å². The second kappa shape index (κ2) is 9.11. The quantitative estimate of drug-likeness (QED) is 0.191. The molecule has 3 nitrogen and oxygen atoms in total. The van der Waals surface area contributed by atoms with E-state index in [9.17, 15) is 4.79 Å². The second-order valence-electron chi connectivity index (χ2n) is 9.64. The van der Waals surface area contributed by atoms with Crippen molar-refractivity contribution in [3.05, 3.63) is 137 Å². The molecular weight excluding hydrogens is 454 g/mol. The topological polar surface area (TPSA) is 31.2 Å². The first-order valence-corrected chi connectivity index (χ1v) is 12.5. The Labute approximate surface area is 217 Å². The Kier molecular flexibility index (Phi) is 5.61. The lowest BCUT2D eigenvalue weighted by Crippen LogP contribution is -1.99. The van der Waals surface area contributed by atoms with Gasteiger partial charge in [-0.05, 0) is 84.7 Å². The third-order valence-electron chi connectivity index (χ3n) is 7.02. The molecule has 6 rings (SSSR count). The number of carbonyl (C=O) groups is 1. The molecule has 0 aliphatic carbocycles. The van der Waals surface area contributed by atoms with E-state index in [0.29, 0.717) is 11.3 Å². The molecule has 0 N–H and O–H groups in total. The molecular formula is C34H27NO2. The van der Waals surface area contributed by atoms with E-state index in [1.165, 1.54) is 22.1 Å². The standard InChI is InChI=1S/C34H27NO2/c1-22-9-10-28-19-29(12-11-27(28)17-22)33-21-31(34(36)37-33)20-30-18-23(2)35(24(30)3)32-15-13-26(14-16-32)25-7-5-4-6-8-25/h4-21H,1-3H3/b31-20-. The molecule has 0 radical (unpaired) electrons. The third kappa shape index (κ3) is 4.30. The van der Waals surface area contributed by atoms with E-state index < -0.39 is 0 Å². The van der Waals surface area contributed by atoms with Gasteiger partial charge < -0.3 is 9.30 Å². The number of aryl methyl sites for hydroxylation is 2. The van der Waals surface area contributed by atoms with Crippen LogP contribution in [0, 0.1) is 20.8 Å². The predicted molar refractivity (Wildman–Crippen MR) is 151 cm³/mol. The van der Waals surface area contributed by atoms with Gasteiger partial charge in [0.15, 0.2) is 0 Å². The van der Waals surface area contributed by atoms with Crippen molar-refractivity contribution >= 4 is 28.6 Å². The molecule has 0 atom stereocenters. The van der Waals surface area contributed by atoms with Crippen molar-refractivity contribution < 1.29 is 9.53 Å². The monoisotopic (exact) mass is 481 g/mol. The van der Waals surface area contributed by atoms with Gasteiger partial charge in [0.05, 0.1) is 5.57 Å². The van der Waals surface area contributed by atoms with Gasteiger partial charge in [-0.2, -0.15) is 0 Å². The minimum Gasteiger partial charge on any atom is -0.422 e. The fourth-order valence-electron chi connectivity index (χ4n) is 5.08. The van der Waals surface area contributed by atoms with Gasteiger partial charge in [-0.15, -0.1) is 0 Å². The lowest BCUT2D eigenvalue weighted by atomic mass is 10.0. The van der Waals surface area contributed by atoms with Gasteiger partial charge in [0.1, 0.15) is 5.76 Å². The lowest BCUT2D eigenvalue weighted by Gasteiger charge is -2.11. The normalized spacial score (nSPS) is 14.3. The number of aromatic nitrogens is 1. The molecule has 1 aromatic heterocycles. The maximum absolute atomic E-state index is 12.8. The zero-order valence-corrected chi connectivity index (χ0v) is 21.2. The maximum Gasteiger partial charge on any atom is 0.343 e. The Morgan fingerprint density at radius 1 is 0.703 bits per heavy atom. The fourth-order valence-corrected chi connectivity index (χ4v) is 5.08. The van der Waals surface area contributed by atoms with Crippen molar-refractivity contribution in [3.8, 4) is 16.8 Å². The highest BCUT2D eigenvalue weighted by Crippen LogP contribution is 2.31. The molecule has 0 fully saturated rings. The van der Waals surface area contributed by atoms with Crippen molar-refractivity contribution in [2.24, 2.45) is 0 Å². The summed E-state index contributed by atoms with van der Waals surface area (Å²) in [7, 11) is 0. The summed E-state index contributed by atoms with van der Waals surface area (Å²) in [5.74, 6) is 0.264. The average molecular weight is 482 g/mol. The highest BCUT2D eigenvalue weighted by Gasteiger charge is 2.23. The first kappa shape index (κ1) is 22.8. The van der Waals surface area contributed by atoms with Crippen LogP contribution in [0.25, 0.3) is 39.4 Å². The maximum atomic E-state index is 12.8. The van der Waals surface area contributed by atoms with E-state index in [1.54, 1.807) is 0 Å². The van der Waals surface area contributed by atoms with Gasteiger partial charge in [0, 0.05) is 22.6 Å². The van der Waals surface area contributed by atoms with Crippen molar-refractivity contribution in [2.75, 3.05) is 0 Å². The van der Waals surface area contributed by atoms with E-state index in [4.69, 9.17) is 4.74 Å². The number of esters is 1. The van der Waals surface area contributed by atoms with Gasteiger partial charge >= 0.3 is 5.97 Å². The van der Waals surface area contributed by atoms with E-state index in [2.05, 4.69) is 110 Å². The first-order valence-electron chi connectivity index (χ1n) is 12.5. The number of fused-ring (bicyclic) bond motifs is 1. The van der Waals surface area contributed by atoms with Gasteiger partial charge in [0.25, 0.3) is 0 Å². The van der Waals surface area contributed by atoms with Crippen LogP contribution in [-0.2, 0) is 9.53 Å². The third-order valence-corrected chi connectivity index (χ3v) is 7.02. The summed E-state index contributed by atoms with van der Waals surface area (Å²) in [5, 5.41) is 2.30. The summed E-state index contributed by atoms with van der Waals surface area (Å²) in [6.45, 7) is 6.26. The number of nitrogens with zero attached hydrogens (tertiary/aromatic N) is 1. The molecule has 0 saturated carbocycles. The smallest absolute Gasteiger partial charge is 0.343 e. The molecule has 0 bridgehead atoms. The summed E-state index contributed by atoms with van der Waals surface area (Å²) < 4.78 is 7.89. The molecule has 5 aromatic rings.